The number of halogens is 2. The average Bonchev–Trinajstić information content (AvgIpc) is 2.59. The zero-order valence-electron chi connectivity index (χ0n) is 15.2. The number of guanidine groups is 1. The van der Waals surface area contributed by atoms with Gasteiger partial charge in [0.25, 0.3) is 0 Å². The first kappa shape index (κ1) is 21.8. The van der Waals surface area contributed by atoms with Crippen LogP contribution < -0.4 is 25.4 Å². The van der Waals surface area contributed by atoms with Crippen LogP contribution in [0, 0.1) is 5.82 Å². The Morgan fingerprint density at radius 3 is 2.38 bits per heavy atom. The van der Waals surface area contributed by atoms with Gasteiger partial charge in [-0.25, -0.2) is 9.38 Å². The smallest absolute Gasteiger partial charge is 0.193 e. The van der Waals surface area contributed by atoms with Gasteiger partial charge in [-0.15, -0.1) is 24.0 Å². The number of benzene rings is 2. The number of hydrogen-bond acceptors (Lipinski definition) is 4. The number of nitrogens with zero attached hydrogens (tertiary/aromatic N) is 2. The topological polar surface area (TPSA) is 72.1 Å². The summed E-state index contributed by atoms with van der Waals surface area (Å²) < 4.78 is 24.4. The second-order valence-electron chi connectivity index (χ2n) is 5.58. The van der Waals surface area contributed by atoms with Crippen LogP contribution in [0.3, 0.4) is 0 Å². The summed E-state index contributed by atoms with van der Waals surface area (Å²) in [6.45, 7) is 0.275. The van der Waals surface area contributed by atoms with Gasteiger partial charge in [0.05, 0.1) is 26.5 Å². The molecule has 0 bridgehead atoms. The highest BCUT2D eigenvalue weighted by atomic mass is 127. The van der Waals surface area contributed by atoms with Gasteiger partial charge in [0.2, 0.25) is 0 Å². The van der Waals surface area contributed by atoms with Crippen molar-refractivity contribution in [3.05, 3.63) is 47.8 Å². The number of nitrogens with one attached hydrogen (secondary N) is 1. The molecule has 26 heavy (non-hydrogen) atoms. The largest absolute Gasteiger partial charge is 0.493 e. The first-order valence-corrected chi connectivity index (χ1v) is 7.69. The summed E-state index contributed by atoms with van der Waals surface area (Å²) in [4.78, 5) is 5.95. The highest BCUT2D eigenvalue weighted by molar-refractivity contribution is 14.0. The Labute approximate surface area is 170 Å². The van der Waals surface area contributed by atoms with Crippen molar-refractivity contribution in [2.24, 2.45) is 10.7 Å². The number of hydrogen-bond donors (Lipinski definition) is 2. The lowest BCUT2D eigenvalue weighted by atomic mass is 10.2. The van der Waals surface area contributed by atoms with Crippen LogP contribution in [0.15, 0.2) is 41.4 Å². The van der Waals surface area contributed by atoms with Gasteiger partial charge in [-0.2, -0.15) is 0 Å². The van der Waals surface area contributed by atoms with Crippen molar-refractivity contribution in [3.8, 4) is 11.5 Å². The molecule has 0 aliphatic carbocycles. The zero-order chi connectivity index (χ0) is 18.4. The maximum atomic E-state index is 14.0. The summed E-state index contributed by atoms with van der Waals surface area (Å²) in [5.41, 5.74) is 7.88. The van der Waals surface area contributed by atoms with Crippen LogP contribution in [0.25, 0.3) is 0 Å². The molecular weight excluding hydrogens is 450 g/mol. The van der Waals surface area contributed by atoms with Crippen LogP contribution in [0.1, 0.15) is 5.56 Å². The summed E-state index contributed by atoms with van der Waals surface area (Å²) in [5, 5.41) is 2.97. The van der Waals surface area contributed by atoms with Crippen molar-refractivity contribution in [3.63, 3.8) is 0 Å². The molecule has 2 rings (SSSR count). The second kappa shape index (κ2) is 10.0. The molecule has 2 aromatic rings. The lowest BCUT2D eigenvalue weighted by Gasteiger charge is -2.14. The van der Waals surface area contributed by atoms with E-state index in [0.29, 0.717) is 22.9 Å². The number of nitrogens with two attached hydrogens (primary N) is 1. The minimum atomic E-state index is -0.288. The molecule has 0 saturated carbocycles. The van der Waals surface area contributed by atoms with E-state index in [-0.39, 0.29) is 42.3 Å². The van der Waals surface area contributed by atoms with Gasteiger partial charge in [0.1, 0.15) is 5.82 Å². The quantitative estimate of drug-likeness (QED) is 0.381. The Bertz CT molecular complexity index is 769. The van der Waals surface area contributed by atoms with E-state index in [9.17, 15) is 4.39 Å². The molecule has 0 fully saturated rings. The van der Waals surface area contributed by atoms with Gasteiger partial charge in [0, 0.05) is 25.8 Å². The van der Waals surface area contributed by atoms with E-state index in [4.69, 9.17) is 15.2 Å². The molecule has 0 aliphatic heterocycles. The maximum Gasteiger partial charge on any atom is 0.193 e. The lowest BCUT2D eigenvalue weighted by molar-refractivity contribution is 0.355. The third kappa shape index (κ3) is 5.65. The van der Waals surface area contributed by atoms with Crippen LogP contribution in [0.5, 0.6) is 11.5 Å². The Hall–Kier alpha value is -2.23. The monoisotopic (exact) mass is 474 g/mol. The minimum absolute atomic E-state index is 0. The number of aliphatic imine (C=N–C) groups is 1. The average molecular weight is 474 g/mol. The van der Waals surface area contributed by atoms with Crippen LogP contribution in [-0.2, 0) is 6.54 Å². The molecular formula is C18H24FIN4O2. The Morgan fingerprint density at radius 1 is 1.12 bits per heavy atom. The van der Waals surface area contributed by atoms with Gasteiger partial charge in [0.15, 0.2) is 17.5 Å². The van der Waals surface area contributed by atoms with Gasteiger partial charge < -0.3 is 25.4 Å². The summed E-state index contributed by atoms with van der Waals surface area (Å²) in [6, 6.07) is 10.3. The Morgan fingerprint density at radius 2 is 1.81 bits per heavy atom. The number of rotatable bonds is 6. The molecule has 3 N–H and O–H groups in total. The standard InChI is InChI=1S/C18H23FN4O2.HI/c1-23(2)15-7-5-12(9-14(15)19)11-21-18(20)22-13-6-8-16(24-3)17(10-13)25-4;/h5-10H,11H2,1-4H3,(H3,20,21,22);1H. The molecule has 6 nitrogen and oxygen atoms in total. The highest BCUT2D eigenvalue weighted by Gasteiger charge is 2.06. The van der Waals surface area contributed by atoms with E-state index >= 15 is 0 Å². The van der Waals surface area contributed by atoms with E-state index in [2.05, 4.69) is 10.3 Å². The molecule has 8 heteroatoms. The maximum absolute atomic E-state index is 14.0. The van der Waals surface area contributed by atoms with Gasteiger partial charge in [-0.05, 0) is 29.8 Å². The molecule has 0 amide bonds. The van der Waals surface area contributed by atoms with Crippen LogP contribution in [0.2, 0.25) is 0 Å². The van der Waals surface area contributed by atoms with E-state index in [1.165, 1.54) is 6.07 Å². The molecule has 142 valence electrons. The molecule has 0 saturated heterocycles. The normalized spacial score (nSPS) is 10.7. The molecule has 0 aromatic heterocycles. The zero-order valence-corrected chi connectivity index (χ0v) is 17.6. The van der Waals surface area contributed by atoms with Crippen LogP contribution in [-0.4, -0.2) is 34.3 Å². The minimum Gasteiger partial charge on any atom is -0.493 e. The third-order valence-electron chi connectivity index (χ3n) is 3.58. The van der Waals surface area contributed by atoms with E-state index in [1.54, 1.807) is 57.5 Å². The fourth-order valence-electron chi connectivity index (χ4n) is 2.29. The molecule has 0 aliphatic rings. The summed E-state index contributed by atoms with van der Waals surface area (Å²) in [7, 11) is 6.72. The van der Waals surface area contributed by atoms with Crippen molar-refractivity contribution >= 4 is 41.3 Å². The molecule has 0 unspecified atom stereocenters. The van der Waals surface area contributed by atoms with Crippen LogP contribution in [0.4, 0.5) is 15.8 Å². The van der Waals surface area contributed by atoms with E-state index in [0.717, 1.165) is 5.56 Å². The molecule has 0 radical (unpaired) electrons. The Kier molecular flexibility index (Phi) is 8.43. The van der Waals surface area contributed by atoms with E-state index < -0.39 is 0 Å². The fraction of sp³-hybridized carbons (Fsp3) is 0.278. The predicted octanol–water partition coefficient (Wildman–Crippen LogP) is 3.45. The molecule has 2 aromatic carbocycles. The first-order valence-electron chi connectivity index (χ1n) is 7.69. The molecule has 0 heterocycles. The second-order valence-corrected chi connectivity index (χ2v) is 5.58. The SMILES string of the molecule is COc1ccc(NC(N)=NCc2ccc(N(C)C)c(F)c2)cc1OC.I. The summed E-state index contributed by atoms with van der Waals surface area (Å²) in [5.74, 6) is 1.15. The van der Waals surface area contributed by atoms with Crippen molar-refractivity contribution in [1.82, 2.24) is 0 Å². The predicted molar refractivity (Wildman–Crippen MR) is 115 cm³/mol. The third-order valence-corrected chi connectivity index (χ3v) is 3.58. The van der Waals surface area contributed by atoms with Gasteiger partial charge in [-0.3, -0.25) is 0 Å². The van der Waals surface area contributed by atoms with Crippen molar-refractivity contribution in [1.29, 1.82) is 0 Å². The van der Waals surface area contributed by atoms with Crippen molar-refractivity contribution < 1.29 is 13.9 Å². The van der Waals surface area contributed by atoms with Gasteiger partial charge >= 0.3 is 0 Å². The molecule has 0 spiro atoms. The number of methoxy groups -OCH3 is 2. The number of ether oxygens (including phenoxy) is 2. The fourth-order valence-corrected chi connectivity index (χ4v) is 2.29. The summed E-state index contributed by atoms with van der Waals surface area (Å²) >= 11 is 0. The van der Waals surface area contributed by atoms with E-state index in [1.807, 2.05) is 6.07 Å². The molecule has 0 atom stereocenters. The Balaban J connectivity index is 0.00000338. The highest BCUT2D eigenvalue weighted by Crippen LogP contribution is 2.29. The van der Waals surface area contributed by atoms with Crippen molar-refractivity contribution in [2.75, 3.05) is 38.5 Å². The summed E-state index contributed by atoms with van der Waals surface area (Å²) in [6.07, 6.45) is 0. The van der Waals surface area contributed by atoms with Crippen molar-refractivity contribution in [2.45, 2.75) is 6.54 Å². The van der Waals surface area contributed by atoms with Crippen LogP contribution >= 0.6 is 24.0 Å². The lowest BCUT2D eigenvalue weighted by Crippen LogP contribution is -2.22. The number of anilines is 2. The first-order chi connectivity index (χ1) is 11.9. The van der Waals surface area contributed by atoms with Gasteiger partial charge in [-0.1, -0.05) is 6.07 Å².